The quantitative estimate of drug-likeness (QED) is 0.370. The van der Waals surface area contributed by atoms with Crippen molar-refractivity contribution >= 4 is 6.08 Å². The summed E-state index contributed by atoms with van der Waals surface area (Å²) < 4.78 is 0. The van der Waals surface area contributed by atoms with Crippen LogP contribution < -0.4 is 0 Å². The van der Waals surface area contributed by atoms with Crippen LogP contribution in [0.2, 0.25) is 0 Å². The molecule has 0 saturated heterocycles. The molecule has 0 radical (unpaired) electrons. The van der Waals surface area contributed by atoms with Crippen molar-refractivity contribution < 1.29 is 30.6 Å². The molecule has 4 unspecified atom stereocenters. The van der Waals surface area contributed by atoms with E-state index in [0.717, 1.165) is 0 Å². The van der Waals surface area contributed by atoms with Crippen molar-refractivity contribution in [1.29, 1.82) is 0 Å². The van der Waals surface area contributed by atoms with E-state index in [-0.39, 0.29) is 0 Å². The second-order valence-corrected chi connectivity index (χ2v) is 4.16. The highest BCUT2D eigenvalue weighted by Crippen LogP contribution is 2.14. The minimum Gasteiger partial charge on any atom is -0.509 e. The predicted molar refractivity (Wildman–Crippen MR) is 68.2 cm³/mol. The van der Waals surface area contributed by atoms with Gasteiger partial charge in [-0.1, -0.05) is 30.3 Å². The van der Waals surface area contributed by atoms with Gasteiger partial charge in [0.05, 0.1) is 6.61 Å². The largest absolute Gasteiger partial charge is 0.509 e. The van der Waals surface area contributed by atoms with Crippen LogP contribution in [0.4, 0.5) is 0 Å². The van der Waals surface area contributed by atoms with Crippen LogP contribution in [0.5, 0.6) is 0 Å². The molecule has 0 aliphatic rings. The summed E-state index contributed by atoms with van der Waals surface area (Å²) in [6, 6.07) is 8.59. The zero-order valence-electron chi connectivity index (χ0n) is 10.2. The Hall–Kier alpha value is -1.44. The number of aliphatic hydroxyl groups excluding tert-OH is 6. The van der Waals surface area contributed by atoms with E-state index in [9.17, 15) is 20.4 Å². The highest BCUT2D eigenvalue weighted by molar-refractivity contribution is 5.51. The van der Waals surface area contributed by atoms with Gasteiger partial charge in [0.25, 0.3) is 0 Å². The Morgan fingerprint density at radius 3 is 2.11 bits per heavy atom. The first-order chi connectivity index (χ1) is 8.97. The predicted octanol–water partition coefficient (Wildman–Crippen LogP) is -0.979. The van der Waals surface area contributed by atoms with E-state index in [1.807, 2.05) is 0 Å². The Kier molecular flexibility index (Phi) is 5.94. The number of rotatable bonds is 6. The maximum atomic E-state index is 9.64. The third kappa shape index (κ3) is 4.30. The summed E-state index contributed by atoms with van der Waals surface area (Å²) in [5.74, 6) is -0.553. The first-order valence-electron chi connectivity index (χ1n) is 5.76. The molecule has 0 heterocycles. The van der Waals surface area contributed by atoms with Crippen LogP contribution in [0.3, 0.4) is 0 Å². The average molecular weight is 270 g/mol. The van der Waals surface area contributed by atoms with Gasteiger partial charge in [-0.2, -0.15) is 0 Å². The fourth-order valence-electron chi connectivity index (χ4n) is 1.50. The van der Waals surface area contributed by atoms with Crippen molar-refractivity contribution in [3.05, 3.63) is 41.7 Å². The molecule has 4 atom stereocenters. The average Bonchev–Trinajstić information content (AvgIpc) is 2.44. The molecule has 1 rings (SSSR count). The van der Waals surface area contributed by atoms with Gasteiger partial charge in [0, 0.05) is 0 Å². The fraction of sp³-hybridized carbons (Fsp3) is 0.385. The molecule has 6 nitrogen and oxygen atoms in total. The molecule has 1 aromatic carbocycles. The normalized spacial score (nSPS) is 18.7. The first-order valence-corrected chi connectivity index (χ1v) is 5.76. The number of hydrogen-bond donors (Lipinski definition) is 6. The molecular formula is C13H18O6. The number of aliphatic hydroxyl groups is 6. The fourth-order valence-corrected chi connectivity index (χ4v) is 1.50. The Morgan fingerprint density at radius 1 is 1.00 bits per heavy atom. The van der Waals surface area contributed by atoms with Gasteiger partial charge in [0.2, 0.25) is 0 Å². The highest BCUT2D eigenvalue weighted by Gasteiger charge is 2.32. The monoisotopic (exact) mass is 270 g/mol. The van der Waals surface area contributed by atoms with E-state index < -0.39 is 36.8 Å². The van der Waals surface area contributed by atoms with E-state index >= 15 is 0 Å². The molecule has 19 heavy (non-hydrogen) atoms. The molecule has 0 amide bonds. The topological polar surface area (TPSA) is 121 Å². The smallest absolute Gasteiger partial charge is 0.139 e. The lowest BCUT2D eigenvalue weighted by molar-refractivity contribution is -0.112. The molecule has 106 valence electrons. The van der Waals surface area contributed by atoms with E-state index in [0.29, 0.717) is 5.56 Å². The maximum absolute atomic E-state index is 9.64. The Bertz CT molecular complexity index is 405. The maximum Gasteiger partial charge on any atom is 0.139 e. The summed E-state index contributed by atoms with van der Waals surface area (Å²) in [5, 5.41) is 56.0. The molecule has 0 bridgehead atoms. The summed E-state index contributed by atoms with van der Waals surface area (Å²) >= 11 is 0. The van der Waals surface area contributed by atoms with Crippen molar-refractivity contribution in [2.75, 3.05) is 6.61 Å². The molecule has 6 heteroatoms. The molecule has 6 N–H and O–H groups in total. The zero-order chi connectivity index (χ0) is 14.4. The third-order valence-electron chi connectivity index (χ3n) is 2.67. The lowest BCUT2D eigenvalue weighted by Crippen LogP contribution is -2.46. The van der Waals surface area contributed by atoms with Crippen molar-refractivity contribution in [2.24, 2.45) is 0 Å². The molecule has 0 aromatic heterocycles. The molecular weight excluding hydrogens is 252 g/mol. The van der Waals surface area contributed by atoms with E-state index in [1.54, 1.807) is 30.3 Å². The molecule has 0 spiro atoms. The lowest BCUT2D eigenvalue weighted by Gasteiger charge is -2.25. The van der Waals surface area contributed by atoms with E-state index in [2.05, 4.69) is 0 Å². The van der Waals surface area contributed by atoms with Gasteiger partial charge in [-0.15, -0.1) is 0 Å². The molecule has 0 fully saturated rings. The van der Waals surface area contributed by atoms with Crippen LogP contribution in [0.15, 0.2) is 36.1 Å². The second-order valence-electron chi connectivity index (χ2n) is 4.16. The highest BCUT2D eigenvalue weighted by atomic mass is 16.4. The van der Waals surface area contributed by atoms with Crippen molar-refractivity contribution in [3.63, 3.8) is 0 Å². The molecule has 0 saturated carbocycles. The Labute approximate surface area is 110 Å². The molecule has 1 aromatic rings. The van der Waals surface area contributed by atoms with Gasteiger partial charge in [-0.05, 0) is 11.6 Å². The lowest BCUT2D eigenvalue weighted by atomic mass is 10.0. The van der Waals surface area contributed by atoms with Crippen LogP contribution in [-0.2, 0) is 0 Å². The van der Waals surface area contributed by atoms with Gasteiger partial charge in [0.15, 0.2) is 0 Å². The van der Waals surface area contributed by atoms with Gasteiger partial charge in [-0.3, -0.25) is 0 Å². The summed E-state index contributed by atoms with van der Waals surface area (Å²) in [5.41, 5.74) is 0.600. The van der Waals surface area contributed by atoms with Gasteiger partial charge in [-0.25, -0.2) is 0 Å². The summed E-state index contributed by atoms with van der Waals surface area (Å²) in [6.07, 6.45) is -5.73. The van der Waals surface area contributed by atoms with Crippen molar-refractivity contribution in [3.8, 4) is 0 Å². The van der Waals surface area contributed by atoms with Gasteiger partial charge in [0.1, 0.15) is 30.2 Å². The van der Waals surface area contributed by atoms with E-state index in [4.69, 9.17) is 10.2 Å². The molecule has 0 aliphatic carbocycles. The van der Waals surface area contributed by atoms with E-state index in [1.165, 1.54) is 6.08 Å². The van der Waals surface area contributed by atoms with Crippen LogP contribution in [0.1, 0.15) is 5.56 Å². The van der Waals surface area contributed by atoms with Crippen molar-refractivity contribution in [2.45, 2.75) is 24.4 Å². The minimum absolute atomic E-state index is 0.553. The zero-order valence-corrected chi connectivity index (χ0v) is 10.2. The van der Waals surface area contributed by atoms with Crippen LogP contribution in [0.25, 0.3) is 6.08 Å². The van der Waals surface area contributed by atoms with Gasteiger partial charge < -0.3 is 30.6 Å². The minimum atomic E-state index is -1.82. The second kappa shape index (κ2) is 7.22. The first kappa shape index (κ1) is 15.6. The number of benzene rings is 1. The summed E-state index contributed by atoms with van der Waals surface area (Å²) in [6.45, 7) is -0.770. The summed E-state index contributed by atoms with van der Waals surface area (Å²) in [4.78, 5) is 0. The van der Waals surface area contributed by atoms with Crippen LogP contribution in [-0.4, -0.2) is 61.7 Å². The SMILES string of the molecule is OCC(O)C(O)C(O)C(O)C(O)=Cc1ccccc1. The van der Waals surface area contributed by atoms with Crippen molar-refractivity contribution in [1.82, 2.24) is 0 Å². The van der Waals surface area contributed by atoms with Gasteiger partial charge >= 0.3 is 0 Å². The van der Waals surface area contributed by atoms with Crippen LogP contribution >= 0.6 is 0 Å². The third-order valence-corrected chi connectivity index (χ3v) is 2.67. The number of hydrogen-bond acceptors (Lipinski definition) is 6. The standard InChI is InChI=1S/C13H18O6/c14-7-10(16)12(18)13(19)11(17)9(15)6-8-4-2-1-3-5-8/h1-6,10-19H,7H2. The Morgan fingerprint density at radius 2 is 1.58 bits per heavy atom. The Balaban J connectivity index is 2.76. The summed E-state index contributed by atoms with van der Waals surface area (Å²) in [7, 11) is 0. The molecule has 0 aliphatic heterocycles. The van der Waals surface area contributed by atoms with Crippen LogP contribution in [0, 0.1) is 0 Å².